The van der Waals surface area contributed by atoms with Gasteiger partial charge in [0.05, 0.1) is 26.8 Å². The summed E-state index contributed by atoms with van der Waals surface area (Å²) in [7, 11) is 3.18. The number of hydrogen-bond donors (Lipinski definition) is 1. The lowest BCUT2D eigenvalue weighted by molar-refractivity contribution is 0.102. The Morgan fingerprint density at radius 3 is 2.37 bits per heavy atom. The first kappa shape index (κ1) is 18.9. The van der Waals surface area contributed by atoms with Gasteiger partial charge in [0.1, 0.15) is 5.75 Å². The minimum atomic E-state index is -0.514. The lowest BCUT2D eigenvalue weighted by atomic mass is 10.1. The lowest BCUT2D eigenvalue weighted by Crippen LogP contribution is -2.25. The maximum absolute atomic E-state index is 12.7. The van der Waals surface area contributed by atoms with E-state index in [1.165, 1.54) is 11.1 Å². The first-order chi connectivity index (χ1) is 12.9. The van der Waals surface area contributed by atoms with Crippen molar-refractivity contribution in [1.29, 1.82) is 0 Å². The molecule has 0 unspecified atom stereocenters. The van der Waals surface area contributed by atoms with Crippen molar-refractivity contribution in [3.8, 4) is 5.75 Å². The molecule has 0 aliphatic rings. The molecular formula is C19H15Cl2N3O3. The van der Waals surface area contributed by atoms with Crippen LogP contribution >= 0.6 is 23.2 Å². The number of anilines is 1. The largest absolute Gasteiger partial charge is 0.414 e. The van der Waals surface area contributed by atoms with Gasteiger partial charge >= 0.3 is 6.09 Å². The molecule has 0 spiro atoms. The van der Waals surface area contributed by atoms with E-state index in [-0.39, 0.29) is 15.6 Å². The Kier molecular flexibility index (Phi) is 5.48. The molecule has 0 aliphatic heterocycles. The van der Waals surface area contributed by atoms with Crippen LogP contribution in [0.3, 0.4) is 0 Å². The van der Waals surface area contributed by atoms with Crippen LogP contribution in [-0.4, -0.2) is 36.0 Å². The van der Waals surface area contributed by atoms with E-state index in [2.05, 4.69) is 10.3 Å². The maximum atomic E-state index is 12.7. The van der Waals surface area contributed by atoms with Crippen molar-refractivity contribution >= 4 is 51.8 Å². The molecule has 138 valence electrons. The molecule has 6 nitrogen and oxygen atoms in total. The number of rotatable bonds is 3. The van der Waals surface area contributed by atoms with Gasteiger partial charge in [-0.25, -0.2) is 4.79 Å². The Hall–Kier alpha value is -2.83. The number of carbonyl (C=O) groups excluding carboxylic acids is 2. The average molecular weight is 404 g/mol. The van der Waals surface area contributed by atoms with E-state index in [9.17, 15) is 9.59 Å². The van der Waals surface area contributed by atoms with E-state index in [1.54, 1.807) is 56.6 Å². The number of carbonyl (C=O) groups is 2. The van der Waals surface area contributed by atoms with Crippen LogP contribution in [0.5, 0.6) is 5.75 Å². The number of pyridine rings is 1. The van der Waals surface area contributed by atoms with Crippen molar-refractivity contribution in [2.75, 3.05) is 19.4 Å². The van der Waals surface area contributed by atoms with Gasteiger partial charge in [0.2, 0.25) is 0 Å². The van der Waals surface area contributed by atoms with Gasteiger partial charge in [-0.15, -0.1) is 0 Å². The summed E-state index contributed by atoms with van der Waals surface area (Å²) in [6.07, 6.45) is 0.985. The Morgan fingerprint density at radius 2 is 1.70 bits per heavy atom. The Morgan fingerprint density at radius 1 is 1.04 bits per heavy atom. The predicted octanol–water partition coefficient (Wildman–Crippen LogP) is 4.85. The fourth-order valence-electron chi connectivity index (χ4n) is 2.43. The monoisotopic (exact) mass is 403 g/mol. The molecule has 1 aromatic heterocycles. The van der Waals surface area contributed by atoms with Crippen molar-refractivity contribution in [3.63, 3.8) is 0 Å². The molecule has 0 saturated heterocycles. The summed E-state index contributed by atoms with van der Waals surface area (Å²) in [6, 6.07) is 11.6. The van der Waals surface area contributed by atoms with Gasteiger partial charge in [-0.3, -0.25) is 9.78 Å². The van der Waals surface area contributed by atoms with Gasteiger partial charge in [0.25, 0.3) is 5.91 Å². The summed E-state index contributed by atoms with van der Waals surface area (Å²) in [6.45, 7) is 0. The van der Waals surface area contributed by atoms with Crippen LogP contribution < -0.4 is 10.1 Å². The van der Waals surface area contributed by atoms with Crippen molar-refractivity contribution in [3.05, 3.63) is 64.3 Å². The van der Waals surface area contributed by atoms with Gasteiger partial charge in [-0.05, 0) is 30.3 Å². The summed E-state index contributed by atoms with van der Waals surface area (Å²) in [5.41, 5.74) is 1.09. The van der Waals surface area contributed by atoms with E-state index in [0.717, 1.165) is 0 Å². The van der Waals surface area contributed by atoms with Crippen molar-refractivity contribution in [2.45, 2.75) is 0 Å². The van der Waals surface area contributed by atoms with Crippen LogP contribution in [0.15, 0.2) is 48.7 Å². The zero-order valence-electron chi connectivity index (χ0n) is 14.5. The smallest absolute Gasteiger partial charge is 0.409 e. The lowest BCUT2D eigenvalue weighted by Gasteiger charge is -2.14. The molecule has 1 N–H and O–H groups in total. The molecule has 2 aromatic carbocycles. The first-order valence-electron chi connectivity index (χ1n) is 7.90. The fourth-order valence-corrected chi connectivity index (χ4v) is 2.99. The number of fused-ring (bicyclic) bond motifs is 1. The van der Waals surface area contributed by atoms with Crippen molar-refractivity contribution in [2.24, 2.45) is 0 Å². The fraction of sp³-hybridized carbons (Fsp3) is 0.105. The second-order valence-electron chi connectivity index (χ2n) is 5.82. The van der Waals surface area contributed by atoms with Gasteiger partial charge in [0.15, 0.2) is 0 Å². The summed E-state index contributed by atoms with van der Waals surface area (Å²) < 4.78 is 5.36. The molecule has 3 aromatic rings. The number of amides is 2. The van der Waals surface area contributed by atoms with E-state index < -0.39 is 12.0 Å². The highest BCUT2D eigenvalue weighted by Gasteiger charge is 2.17. The zero-order valence-corrected chi connectivity index (χ0v) is 16.0. The molecular weight excluding hydrogens is 389 g/mol. The quantitative estimate of drug-likeness (QED) is 0.677. The third-order valence-corrected chi connectivity index (χ3v) is 4.36. The Bertz CT molecular complexity index is 1020. The summed E-state index contributed by atoms with van der Waals surface area (Å²) in [5.74, 6) is -0.124. The van der Waals surface area contributed by atoms with E-state index in [4.69, 9.17) is 27.9 Å². The number of para-hydroxylation sites is 1. The van der Waals surface area contributed by atoms with Crippen molar-refractivity contribution < 1.29 is 14.3 Å². The normalized spacial score (nSPS) is 10.5. The van der Waals surface area contributed by atoms with Gasteiger partial charge < -0.3 is 15.0 Å². The molecule has 0 fully saturated rings. The van der Waals surface area contributed by atoms with Crippen LogP contribution in [0.2, 0.25) is 10.0 Å². The topological polar surface area (TPSA) is 71.5 Å². The third-order valence-electron chi connectivity index (χ3n) is 3.73. The van der Waals surface area contributed by atoms with Gasteiger partial charge in [0, 0.05) is 25.7 Å². The molecule has 0 aliphatic carbocycles. The SMILES string of the molecule is CN(C)C(=O)Oc1ccnc2c(NC(=O)c3c(Cl)cccc3Cl)cccc12. The van der Waals surface area contributed by atoms with Gasteiger partial charge in [-0.2, -0.15) is 0 Å². The highest BCUT2D eigenvalue weighted by atomic mass is 35.5. The Balaban J connectivity index is 1.99. The number of ether oxygens (including phenoxy) is 1. The number of nitrogens with one attached hydrogen (secondary N) is 1. The molecule has 27 heavy (non-hydrogen) atoms. The van der Waals surface area contributed by atoms with Crippen LogP contribution in [-0.2, 0) is 0 Å². The summed E-state index contributed by atoms with van der Waals surface area (Å²) >= 11 is 12.2. The molecule has 0 radical (unpaired) electrons. The van der Waals surface area contributed by atoms with Gasteiger partial charge in [-0.1, -0.05) is 35.3 Å². The Labute approximate surface area is 165 Å². The number of halogens is 2. The second kappa shape index (κ2) is 7.82. The summed E-state index contributed by atoms with van der Waals surface area (Å²) in [4.78, 5) is 30.1. The first-order valence-corrected chi connectivity index (χ1v) is 8.66. The van der Waals surface area contributed by atoms with Crippen LogP contribution in [0.4, 0.5) is 10.5 Å². The predicted molar refractivity (Wildman–Crippen MR) is 106 cm³/mol. The number of aromatic nitrogens is 1. The average Bonchev–Trinajstić information content (AvgIpc) is 2.62. The van der Waals surface area contributed by atoms with Crippen LogP contribution in [0.1, 0.15) is 10.4 Å². The molecule has 0 atom stereocenters. The van der Waals surface area contributed by atoms with E-state index in [1.807, 2.05) is 0 Å². The number of nitrogens with zero attached hydrogens (tertiary/aromatic N) is 2. The number of hydrogen-bond acceptors (Lipinski definition) is 4. The van der Waals surface area contributed by atoms with E-state index in [0.29, 0.717) is 22.3 Å². The molecule has 0 saturated carbocycles. The van der Waals surface area contributed by atoms with Crippen molar-refractivity contribution in [1.82, 2.24) is 9.88 Å². The highest BCUT2D eigenvalue weighted by molar-refractivity contribution is 6.40. The molecule has 1 heterocycles. The van der Waals surface area contributed by atoms with Crippen LogP contribution in [0, 0.1) is 0 Å². The number of benzene rings is 2. The van der Waals surface area contributed by atoms with E-state index >= 15 is 0 Å². The zero-order chi connectivity index (χ0) is 19.6. The minimum Gasteiger partial charge on any atom is -0.409 e. The molecule has 2 amide bonds. The third kappa shape index (κ3) is 3.97. The standard InChI is InChI=1S/C19H15Cl2N3O3/c1-24(2)19(26)27-15-9-10-22-17-11(15)5-3-8-14(17)23-18(25)16-12(20)6-4-7-13(16)21/h3-10H,1-2H3,(H,23,25). The van der Waals surface area contributed by atoms with Crippen LogP contribution in [0.25, 0.3) is 10.9 Å². The molecule has 3 rings (SSSR count). The maximum Gasteiger partial charge on any atom is 0.414 e. The summed E-state index contributed by atoms with van der Waals surface area (Å²) in [5, 5.41) is 3.83. The highest BCUT2D eigenvalue weighted by Crippen LogP contribution is 2.31. The minimum absolute atomic E-state index is 0.174. The molecule has 8 heteroatoms. The second-order valence-corrected chi connectivity index (χ2v) is 6.64. The molecule has 0 bridgehead atoms.